The minimum Gasteiger partial charge on any atom is -0.395 e. The van der Waals surface area contributed by atoms with Crippen LogP contribution in [0.15, 0.2) is 55.2 Å². The number of nitrogens with zero attached hydrogens (tertiary/aromatic N) is 1. The molecule has 1 aromatic heterocycles. The first-order valence-electron chi connectivity index (χ1n) is 8.65. The Labute approximate surface area is 153 Å². The van der Waals surface area contributed by atoms with Gasteiger partial charge in [-0.2, -0.15) is 0 Å². The first kappa shape index (κ1) is 18.2. The van der Waals surface area contributed by atoms with Crippen LogP contribution in [0.3, 0.4) is 0 Å². The molecule has 3 N–H and O–H groups in total. The summed E-state index contributed by atoms with van der Waals surface area (Å²) in [6.45, 7) is 5.92. The van der Waals surface area contributed by atoms with Gasteiger partial charge in [0.15, 0.2) is 0 Å². The highest BCUT2D eigenvalue weighted by atomic mass is 19.1. The molecule has 3 rings (SSSR count). The average Bonchev–Trinajstić information content (AvgIpc) is 3.04. The number of rotatable bonds is 8. The lowest BCUT2D eigenvalue weighted by molar-refractivity contribution is 0.185. The van der Waals surface area contributed by atoms with Crippen LogP contribution in [-0.2, 0) is 13.1 Å². The lowest BCUT2D eigenvalue weighted by Gasteiger charge is -2.21. The SMILES string of the molecule is C=C(NC)c1ccc(CN(CCO)Cc2c[nH]c3ccc(F)cc23)cc1. The van der Waals surface area contributed by atoms with E-state index >= 15 is 0 Å². The van der Waals surface area contributed by atoms with Gasteiger partial charge >= 0.3 is 0 Å². The van der Waals surface area contributed by atoms with E-state index < -0.39 is 0 Å². The van der Waals surface area contributed by atoms with Crippen LogP contribution >= 0.6 is 0 Å². The van der Waals surface area contributed by atoms with Crippen molar-refractivity contribution in [2.75, 3.05) is 20.2 Å². The number of hydrogen-bond donors (Lipinski definition) is 3. The molecule has 0 radical (unpaired) electrons. The summed E-state index contributed by atoms with van der Waals surface area (Å²) in [7, 11) is 1.85. The molecule has 5 heteroatoms. The van der Waals surface area contributed by atoms with E-state index in [2.05, 4.69) is 33.9 Å². The molecule has 0 bridgehead atoms. The Morgan fingerprint density at radius 1 is 1.19 bits per heavy atom. The maximum absolute atomic E-state index is 13.6. The van der Waals surface area contributed by atoms with Gasteiger partial charge in [0.05, 0.1) is 6.61 Å². The van der Waals surface area contributed by atoms with Crippen LogP contribution in [0.1, 0.15) is 16.7 Å². The van der Waals surface area contributed by atoms with Gasteiger partial charge in [0.2, 0.25) is 0 Å². The summed E-state index contributed by atoms with van der Waals surface area (Å²) in [5.41, 5.74) is 5.02. The van der Waals surface area contributed by atoms with Crippen LogP contribution < -0.4 is 5.32 Å². The molecule has 4 nitrogen and oxygen atoms in total. The zero-order chi connectivity index (χ0) is 18.5. The highest BCUT2D eigenvalue weighted by Crippen LogP contribution is 2.22. The second kappa shape index (κ2) is 8.17. The predicted octanol–water partition coefficient (Wildman–Crippen LogP) is 3.49. The van der Waals surface area contributed by atoms with E-state index in [0.29, 0.717) is 19.6 Å². The number of H-pyrrole nitrogens is 1. The highest BCUT2D eigenvalue weighted by Gasteiger charge is 2.11. The topological polar surface area (TPSA) is 51.3 Å². The van der Waals surface area contributed by atoms with E-state index in [4.69, 9.17) is 0 Å². The third kappa shape index (κ3) is 4.12. The number of aliphatic hydroxyl groups excluding tert-OH is 1. The van der Waals surface area contributed by atoms with Gasteiger partial charge in [-0.1, -0.05) is 30.8 Å². The highest BCUT2D eigenvalue weighted by molar-refractivity contribution is 5.83. The molecule has 3 aromatic rings. The average molecular weight is 353 g/mol. The second-order valence-corrected chi connectivity index (χ2v) is 6.36. The molecule has 0 spiro atoms. The van der Waals surface area contributed by atoms with E-state index in [1.54, 1.807) is 12.1 Å². The Balaban J connectivity index is 1.76. The van der Waals surface area contributed by atoms with Crippen LogP contribution in [0.5, 0.6) is 0 Å². The maximum atomic E-state index is 13.6. The Bertz CT molecular complexity index is 886. The molecule has 0 atom stereocenters. The first-order chi connectivity index (χ1) is 12.6. The van der Waals surface area contributed by atoms with Gasteiger partial charge in [0, 0.05) is 49.5 Å². The molecule has 26 heavy (non-hydrogen) atoms. The Hall–Kier alpha value is -2.63. The molecular formula is C21H24FN3O. The first-order valence-corrected chi connectivity index (χ1v) is 8.65. The van der Waals surface area contributed by atoms with Crippen molar-refractivity contribution in [3.8, 4) is 0 Å². The normalized spacial score (nSPS) is 11.2. The van der Waals surface area contributed by atoms with E-state index in [-0.39, 0.29) is 12.4 Å². The fourth-order valence-corrected chi connectivity index (χ4v) is 3.09. The smallest absolute Gasteiger partial charge is 0.123 e. The van der Waals surface area contributed by atoms with Gasteiger partial charge in [-0.25, -0.2) is 4.39 Å². The van der Waals surface area contributed by atoms with Gasteiger partial charge in [0.25, 0.3) is 0 Å². The Morgan fingerprint density at radius 3 is 2.65 bits per heavy atom. The molecule has 0 amide bonds. The van der Waals surface area contributed by atoms with E-state index in [9.17, 15) is 9.50 Å². The molecule has 0 unspecified atom stereocenters. The van der Waals surface area contributed by atoms with Gasteiger partial charge < -0.3 is 15.4 Å². The molecule has 136 valence electrons. The maximum Gasteiger partial charge on any atom is 0.123 e. The largest absolute Gasteiger partial charge is 0.395 e. The summed E-state index contributed by atoms with van der Waals surface area (Å²) in [5.74, 6) is -0.243. The van der Waals surface area contributed by atoms with Crippen LogP contribution in [0.2, 0.25) is 0 Å². The van der Waals surface area contributed by atoms with Crippen molar-refractivity contribution in [2.45, 2.75) is 13.1 Å². The van der Waals surface area contributed by atoms with Gasteiger partial charge in [-0.05, 0) is 34.9 Å². The quantitative estimate of drug-likeness (QED) is 0.581. The van der Waals surface area contributed by atoms with Crippen molar-refractivity contribution in [3.63, 3.8) is 0 Å². The Kier molecular flexibility index (Phi) is 5.71. The number of nitrogens with one attached hydrogen (secondary N) is 2. The van der Waals surface area contributed by atoms with E-state index in [0.717, 1.165) is 33.3 Å². The zero-order valence-corrected chi connectivity index (χ0v) is 14.9. The number of aromatic nitrogens is 1. The molecule has 0 saturated carbocycles. The Morgan fingerprint density at radius 2 is 1.96 bits per heavy atom. The van der Waals surface area contributed by atoms with Crippen molar-refractivity contribution in [1.29, 1.82) is 0 Å². The minimum atomic E-state index is -0.243. The zero-order valence-electron chi connectivity index (χ0n) is 14.9. The molecule has 0 aliphatic rings. The van der Waals surface area contributed by atoms with Crippen molar-refractivity contribution < 1.29 is 9.50 Å². The number of hydrogen-bond acceptors (Lipinski definition) is 3. The van der Waals surface area contributed by atoms with Crippen molar-refractivity contribution >= 4 is 16.6 Å². The van der Waals surface area contributed by atoms with E-state index in [1.165, 1.54) is 6.07 Å². The standard InChI is InChI=1S/C21H24FN3O/c1-15(23-2)17-5-3-16(4-6-17)13-25(9-10-26)14-18-12-24-21-8-7-19(22)11-20(18)21/h3-8,11-12,23-24,26H,1,9-10,13-14H2,2H3. The van der Waals surface area contributed by atoms with Crippen molar-refractivity contribution in [2.24, 2.45) is 0 Å². The summed E-state index contributed by atoms with van der Waals surface area (Å²) in [4.78, 5) is 5.33. The van der Waals surface area contributed by atoms with Gasteiger partial charge in [-0.15, -0.1) is 0 Å². The van der Waals surface area contributed by atoms with Crippen molar-refractivity contribution in [3.05, 3.63) is 77.7 Å². The molecule has 2 aromatic carbocycles. The number of aliphatic hydroxyl groups is 1. The number of fused-ring (bicyclic) bond motifs is 1. The molecule has 0 saturated heterocycles. The second-order valence-electron chi connectivity index (χ2n) is 6.36. The van der Waals surface area contributed by atoms with Gasteiger partial charge in [-0.3, -0.25) is 4.90 Å². The third-order valence-corrected chi connectivity index (χ3v) is 4.55. The third-order valence-electron chi connectivity index (χ3n) is 4.55. The number of halogens is 1. The summed E-state index contributed by atoms with van der Waals surface area (Å²) in [6.07, 6.45) is 1.91. The molecule has 1 heterocycles. The van der Waals surface area contributed by atoms with Crippen LogP contribution in [0.25, 0.3) is 16.6 Å². The molecule has 0 fully saturated rings. The summed E-state index contributed by atoms with van der Waals surface area (Å²) >= 11 is 0. The fourth-order valence-electron chi connectivity index (χ4n) is 3.09. The number of aromatic amines is 1. The van der Waals surface area contributed by atoms with Gasteiger partial charge in [0.1, 0.15) is 5.82 Å². The molecular weight excluding hydrogens is 329 g/mol. The molecule has 0 aliphatic heterocycles. The fraction of sp³-hybridized carbons (Fsp3) is 0.238. The van der Waals surface area contributed by atoms with Crippen LogP contribution in [0.4, 0.5) is 4.39 Å². The van der Waals surface area contributed by atoms with E-state index in [1.807, 2.05) is 25.4 Å². The number of benzene rings is 2. The van der Waals surface area contributed by atoms with Crippen LogP contribution in [0, 0.1) is 5.82 Å². The molecule has 0 aliphatic carbocycles. The summed E-state index contributed by atoms with van der Waals surface area (Å²) in [6, 6.07) is 13.0. The summed E-state index contributed by atoms with van der Waals surface area (Å²) < 4.78 is 13.6. The summed E-state index contributed by atoms with van der Waals surface area (Å²) in [5, 5.41) is 13.3. The monoisotopic (exact) mass is 353 g/mol. The lowest BCUT2D eigenvalue weighted by Crippen LogP contribution is -2.26. The lowest BCUT2D eigenvalue weighted by atomic mass is 10.1. The van der Waals surface area contributed by atoms with Crippen LogP contribution in [-0.4, -0.2) is 35.2 Å². The van der Waals surface area contributed by atoms with Crippen molar-refractivity contribution in [1.82, 2.24) is 15.2 Å². The minimum absolute atomic E-state index is 0.0748. The predicted molar refractivity (Wildman–Crippen MR) is 104 cm³/mol.